The van der Waals surface area contributed by atoms with Crippen LogP contribution in [0, 0.1) is 0 Å². The molecule has 0 saturated heterocycles. The predicted molar refractivity (Wildman–Crippen MR) is 70.9 cm³/mol. The van der Waals surface area contributed by atoms with Crippen LogP contribution in [-0.2, 0) is 6.18 Å². The van der Waals surface area contributed by atoms with Crippen LogP contribution < -0.4 is 4.74 Å². The van der Waals surface area contributed by atoms with E-state index >= 15 is 0 Å². The summed E-state index contributed by atoms with van der Waals surface area (Å²) in [6.07, 6.45) is -4.45. The summed E-state index contributed by atoms with van der Waals surface area (Å²) < 4.78 is 43.4. The predicted octanol–water partition coefficient (Wildman–Crippen LogP) is 4.82. The molecule has 0 bridgehead atoms. The lowest BCUT2D eigenvalue weighted by molar-refractivity contribution is -0.137. The quantitative estimate of drug-likeness (QED) is 0.758. The summed E-state index contributed by atoms with van der Waals surface area (Å²) in [6.45, 7) is 2.37. The van der Waals surface area contributed by atoms with E-state index in [9.17, 15) is 13.2 Å². The van der Waals surface area contributed by atoms with Crippen LogP contribution in [0.1, 0.15) is 12.5 Å². The topological polar surface area (TPSA) is 22.1 Å². The van der Waals surface area contributed by atoms with E-state index in [0.717, 1.165) is 12.1 Å². The van der Waals surface area contributed by atoms with E-state index in [0.29, 0.717) is 17.9 Å². The molecule has 2 rings (SSSR count). The number of ether oxygens (including phenoxy) is 1. The van der Waals surface area contributed by atoms with Crippen molar-refractivity contribution >= 4 is 11.6 Å². The van der Waals surface area contributed by atoms with Gasteiger partial charge in [-0.25, -0.2) is 4.98 Å². The van der Waals surface area contributed by atoms with Crippen molar-refractivity contribution in [2.45, 2.75) is 13.1 Å². The molecule has 0 aliphatic heterocycles. The molecule has 0 unspecified atom stereocenters. The number of hydrogen-bond acceptors (Lipinski definition) is 2. The molecule has 0 aliphatic rings. The van der Waals surface area contributed by atoms with Gasteiger partial charge in [0.05, 0.1) is 17.9 Å². The Morgan fingerprint density at radius 2 is 1.80 bits per heavy atom. The average molecular weight is 302 g/mol. The molecule has 1 aromatic heterocycles. The Hall–Kier alpha value is -1.75. The molecule has 1 aromatic carbocycles. The zero-order valence-corrected chi connectivity index (χ0v) is 11.3. The SMILES string of the molecule is CCOc1ccc(-c2cc(C(F)(F)F)cc(Cl)n2)cc1. The van der Waals surface area contributed by atoms with Crippen LogP contribution in [0.3, 0.4) is 0 Å². The fourth-order valence-corrected chi connectivity index (χ4v) is 1.91. The van der Waals surface area contributed by atoms with Crippen LogP contribution in [0.2, 0.25) is 5.15 Å². The molecule has 0 fully saturated rings. The van der Waals surface area contributed by atoms with Crippen LogP contribution in [0.15, 0.2) is 36.4 Å². The molecule has 0 saturated carbocycles. The first kappa shape index (κ1) is 14.7. The van der Waals surface area contributed by atoms with Gasteiger partial charge in [0.15, 0.2) is 0 Å². The van der Waals surface area contributed by atoms with Crippen LogP contribution in [0.5, 0.6) is 5.75 Å². The van der Waals surface area contributed by atoms with Gasteiger partial charge in [-0.1, -0.05) is 11.6 Å². The second kappa shape index (κ2) is 5.71. The molecule has 6 heteroatoms. The number of rotatable bonds is 3. The van der Waals surface area contributed by atoms with Gasteiger partial charge in [0.2, 0.25) is 0 Å². The Morgan fingerprint density at radius 1 is 1.15 bits per heavy atom. The van der Waals surface area contributed by atoms with Gasteiger partial charge in [-0.15, -0.1) is 0 Å². The molecule has 2 nitrogen and oxygen atoms in total. The van der Waals surface area contributed by atoms with Gasteiger partial charge in [0, 0.05) is 5.56 Å². The maximum atomic E-state index is 12.7. The first-order valence-electron chi connectivity index (χ1n) is 5.88. The zero-order chi connectivity index (χ0) is 14.8. The summed E-state index contributed by atoms with van der Waals surface area (Å²) >= 11 is 5.65. The van der Waals surface area contributed by atoms with E-state index in [-0.39, 0.29) is 10.8 Å². The number of nitrogens with zero attached hydrogens (tertiary/aromatic N) is 1. The third-order valence-electron chi connectivity index (χ3n) is 2.58. The van der Waals surface area contributed by atoms with Crippen molar-refractivity contribution in [1.29, 1.82) is 0 Å². The Bertz CT molecular complexity index is 596. The lowest BCUT2D eigenvalue weighted by Gasteiger charge is -2.10. The number of aromatic nitrogens is 1. The molecule has 0 N–H and O–H groups in total. The molecular formula is C14H11ClF3NO. The van der Waals surface area contributed by atoms with Crippen molar-refractivity contribution in [3.63, 3.8) is 0 Å². The maximum absolute atomic E-state index is 12.7. The second-order valence-corrected chi connectivity index (χ2v) is 4.41. The molecule has 0 aliphatic carbocycles. The minimum atomic E-state index is -4.45. The van der Waals surface area contributed by atoms with Gasteiger partial charge < -0.3 is 4.74 Å². The van der Waals surface area contributed by atoms with Gasteiger partial charge in [-0.05, 0) is 43.3 Å². The van der Waals surface area contributed by atoms with Crippen LogP contribution in [0.25, 0.3) is 11.3 Å². The van der Waals surface area contributed by atoms with Crippen molar-refractivity contribution in [1.82, 2.24) is 4.98 Å². The van der Waals surface area contributed by atoms with Crippen molar-refractivity contribution in [2.75, 3.05) is 6.61 Å². The summed E-state index contributed by atoms with van der Waals surface area (Å²) in [5.41, 5.74) is -0.101. The third kappa shape index (κ3) is 3.42. The highest BCUT2D eigenvalue weighted by Gasteiger charge is 2.31. The lowest BCUT2D eigenvalue weighted by atomic mass is 10.1. The zero-order valence-electron chi connectivity index (χ0n) is 10.5. The van der Waals surface area contributed by atoms with Crippen molar-refractivity contribution in [2.24, 2.45) is 0 Å². The molecule has 20 heavy (non-hydrogen) atoms. The second-order valence-electron chi connectivity index (χ2n) is 4.02. The van der Waals surface area contributed by atoms with E-state index < -0.39 is 11.7 Å². The van der Waals surface area contributed by atoms with Crippen molar-refractivity contribution < 1.29 is 17.9 Å². The highest BCUT2D eigenvalue weighted by atomic mass is 35.5. The summed E-state index contributed by atoms with van der Waals surface area (Å²) in [5, 5.41) is -0.191. The Balaban J connectivity index is 2.39. The monoisotopic (exact) mass is 301 g/mol. The number of pyridine rings is 1. The highest BCUT2D eigenvalue weighted by Crippen LogP contribution is 2.33. The smallest absolute Gasteiger partial charge is 0.416 e. The van der Waals surface area contributed by atoms with Crippen LogP contribution >= 0.6 is 11.6 Å². The largest absolute Gasteiger partial charge is 0.494 e. The van der Waals surface area contributed by atoms with E-state index in [1.54, 1.807) is 24.3 Å². The summed E-state index contributed by atoms with van der Waals surface area (Å²) in [7, 11) is 0. The number of alkyl halides is 3. The first-order valence-corrected chi connectivity index (χ1v) is 6.26. The van der Waals surface area contributed by atoms with Crippen LogP contribution in [-0.4, -0.2) is 11.6 Å². The summed E-state index contributed by atoms with van der Waals surface area (Å²) in [5.74, 6) is 0.648. The average Bonchev–Trinajstić information content (AvgIpc) is 2.38. The minimum Gasteiger partial charge on any atom is -0.494 e. The van der Waals surface area contributed by atoms with E-state index in [4.69, 9.17) is 16.3 Å². The summed E-state index contributed by atoms with van der Waals surface area (Å²) in [4.78, 5) is 3.92. The lowest BCUT2D eigenvalue weighted by Crippen LogP contribution is -2.05. The first-order chi connectivity index (χ1) is 9.40. The van der Waals surface area contributed by atoms with Gasteiger partial charge in [-0.2, -0.15) is 13.2 Å². The van der Waals surface area contributed by atoms with Gasteiger partial charge in [-0.3, -0.25) is 0 Å². The Labute approximate surface area is 119 Å². The number of halogens is 4. The third-order valence-corrected chi connectivity index (χ3v) is 2.78. The van der Waals surface area contributed by atoms with Gasteiger partial charge >= 0.3 is 6.18 Å². The maximum Gasteiger partial charge on any atom is 0.416 e. The van der Waals surface area contributed by atoms with Crippen molar-refractivity contribution in [3.8, 4) is 17.0 Å². The van der Waals surface area contributed by atoms with E-state index in [2.05, 4.69) is 4.98 Å². The Kier molecular flexibility index (Phi) is 4.18. The number of benzene rings is 1. The molecule has 0 atom stereocenters. The molecule has 0 spiro atoms. The van der Waals surface area contributed by atoms with Gasteiger partial charge in [0.1, 0.15) is 10.9 Å². The number of hydrogen-bond donors (Lipinski definition) is 0. The molecule has 1 heterocycles. The molecule has 106 valence electrons. The standard InChI is InChI=1S/C14H11ClF3NO/c1-2-20-11-5-3-9(4-6-11)12-7-10(14(16,17)18)8-13(15)19-12/h3-8H,2H2,1H3. The van der Waals surface area contributed by atoms with E-state index in [1.807, 2.05) is 6.92 Å². The van der Waals surface area contributed by atoms with Gasteiger partial charge in [0.25, 0.3) is 0 Å². The molecule has 0 radical (unpaired) electrons. The van der Waals surface area contributed by atoms with E-state index in [1.165, 1.54) is 0 Å². The summed E-state index contributed by atoms with van der Waals surface area (Å²) in [6, 6.07) is 8.41. The van der Waals surface area contributed by atoms with Crippen molar-refractivity contribution in [3.05, 3.63) is 47.1 Å². The molecular weight excluding hydrogens is 291 g/mol. The highest BCUT2D eigenvalue weighted by molar-refractivity contribution is 6.29. The molecule has 0 amide bonds. The minimum absolute atomic E-state index is 0.174. The molecule has 2 aromatic rings. The normalized spacial score (nSPS) is 11.4. The fourth-order valence-electron chi connectivity index (χ4n) is 1.70. The Morgan fingerprint density at radius 3 is 2.35 bits per heavy atom. The van der Waals surface area contributed by atoms with Crippen LogP contribution in [0.4, 0.5) is 13.2 Å². The fraction of sp³-hybridized carbons (Fsp3) is 0.214.